The standard InChI is InChI=1S/C9H19N5O3/c10-6(8(16)17)2-1-4-13-9(12)14-5-3-7(11)15/h6H,1-5,10H2,(H2,11,15)(H,16,17)(H3,12,13,14)/p+1/t6-/m0/s1. The molecular weight excluding hydrogens is 226 g/mol. The van der Waals surface area contributed by atoms with Crippen LogP contribution in [0.5, 0.6) is 0 Å². The third kappa shape index (κ3) is 9.12. The van der Waals surface area contributed by atoms with Crippen molar-refractivity contribution in [2.45, 2.75) is 25.3 Å². The molecule has 0 saturated heterocycles. The molecule has 0 fully saturated rings. The van der Waals surface area contributed by atoms with Gasteiger partial charge in [0.2, 0.25) is 5.91 Å². The van der Waals surface area contributed by atoms with Crippen LogP contribution in [0.1, 0.15) is 19.3 Å². The maximum Gasteiger partial charge on any atom is 0.362 e. The van der Waals surface area contributed by atoms with Gasteiger partial charge in [-0.3, -0.25) is 9.79 Å². The highest BCUT2D eigenvalue weighted by Crippen LogP contribution is 1.93. The molecule has 0 aliphatic carbocycles. The molecule has 0 heterocycles. The van der Waals surface area contributed by atoms with Gasteiger partial charge in [-0.05, 0) is 6.42 Å². The number of nitrogens with one attached hydrogen (secondary N) is 1. The van der Waals surface area contributed by atoms with E-state index in [-0.39, 0.29) is 12.4 Å². The fraction of sp³-hybridized carbons (Fsp3) is 0.667. The van der Waals surface area contributed by atoms with Gasteiger partial charge in [-0.1, -0.05) is 0 Å². The molecule has 0 radical (unpaired) electrons. The van der Waals surface area contributed by atoms with Crippen LogP contribution in [-0.4, -0.2) is 42.1 Å². The second kappa shape index (κ2) is 8.34. The van der Waals surface area contributed by atoms with Gasteiger partial charge in [-0.2, -0.15) is 0 Å². The lowest BCUT2D eigenvalue weighted by atomic mass is 10.2. The lowest BCUT2D eigenvalue weighted by Gasteiger charge is -2.04. The summed E-state index contributed by atoms with van der Waals surface area (Å²) in [7, 11) is 0. The number of rotatable bonds is 8. The normalized spacial score (nSPS) is 13.1. The number of carboxylic acids is 1. The molecule has 17 heavy (non-hydrogen) atoms. The van der Waals surface area contributed by atoms with E-state index in [0.29, 0.717) is 25.9 Å². The Morgan fingerprint density at radius 1 is 1.41 bits per heavy atom. The molecule has 0 rings (SSSR count). The molecule has 1 amide bonds. The fourth-order valence-corrected chi connectivity index (χ4v) is 1.03. The van der Waals surface area contributed by atoms with E-state index in [1.54, 1.807) is 0 Å². The Balaban J connectivity index is 3.63. The van der Waals surface area contributed by atoms with E-state index in [1.165, 1.54) is 0 Å². The number of amides is 1. The van der Waals surface area contributed by atoms with Crippen molar-refractivity contribution in [2.24, 2.45) is 16.5 Å². The molecule has 8 nitrogen and oxygen atoms in total. The summed E-state index contributed by atoms with van der Waals surface area (Å²) in [4.78, 5) is 24.8. The van der Waals surface area contributed by atoms with Crippen LogP contribution in [-0.2, 0) is 9.59 Å². The molecule has 1 atom stereocenters. The Kier molecular flexibility index (Phi) is 7.44. The van der Waals surface area contributed by atoms with Crippen LogP contribution < -0.4 is 22.5 Å². The summed E-state index contributed by atoms with van der Waals surface area (Å²) >= 11 is 0. The summed E-state index contributed by atoms with van der Waals surface area (Å²) < 4.78 is 0. The van der Waals surface area contributed by atoms with Crippen LogP contribution in [0.25, 0.3) is 0 Å². The molecule has 0 aromatic carbocycles. The van der Waals surface area contributed by atoms with E-state index in [2.05, 4.69) is 16.0 Å². The van der Waals surface area contributed by atoms with Crippen molar-refractivity contribution in [2.75, 3.05) is 13.1 Å². The Bertz CT molecular complexity index is 292. The minimum Gasteiger partial charge on any atom is -0.477 e. The zero-order valence-electron chi connectivity index (χ0n) is 9.69. The SMILES string of the molecule is NC(=O)CCNC(N)=NCCC[C@H]([NH3+])C(=O)O. The summed E-state index contributed by atoms with van der Waals surface area (Å²) in [6.07, 6.45) is 1.24. The molecule has 8 heteroatoms. The van der Waals surface area contributed by atoms with Crippen LogP contribution in [0, 0.1) is 0 Å². The summed E-state index contributed by atoms with van der Waals surface area (Å²) in [5.74, 6) is -1.10. The van der Waals surface area contributed by atoms with Crippen molar-refractivity contribution in [3.8, 4) is 0 Å². The number of carbonyl (C=O) groups is 2. The van der Waals surface area contributed by atoms with Crippen molar-refractivity contribution < 1.29 is 20.4 Å². The van der Waals surface area contributed by atoms with Crippen molar-refractivity contribution in [1.82, 2.24) is 5.32 Å². The van der Waals surface area contributed by atoms with Gasteiger partial charge in [0, 0.05) is 25.9 Å². The van der Waals surface area contributed by atoms with Crippen molar-refractivity contribution in [1.29, 1.82) is 0 Å². The number of hydrogen-bond donors (Lipinski definition) is 5. The van der Waals surface area contributed by atoms with Gasteiger partial charge in [-0.15, -0.1) is 0 Å². The van der Waals surface area contributed by atoms with Gasteiger partial charge in [0.15, 0.2) is 12.0 Å². The van der Waals surface area contributed by atoms with E-state index in [0.717, 1.165) is 0 Å². The topological polar surface area (TPSA) is 158 Å². The number of aliphatic imine (C=N–C) groups is 1. The lowest BCUT2D eigenvalue weighted by molar-refractivity contribution is -0.409. The molecular formula is C9H20N5O3+. The maximum atomic E-state index is 10.5. The van der Waals surface area contributed by atoms with E-state index >= 15 is 0 Å². The van der Waals surface area contributed by atoms with E-state index in [4.69, 9.17) is 16.6 Å². The van der Waals surface area contributed by atoms with Crippen molar-refractivity contribution >= 4 is 17.8 Å². The molecule has 0 aromatic heterocycles. The van der Waals surface area contributed by atoms with E-state index in [1.807, 2.05) is 0 Å². The molecule has 0 aliphatic rings. The number of nitrogens with two attached hydrogens (primary N) is 2. The summed E-state index contributed by atoms with van der Waals surface area (Å²) in [6, 6.07) is -0.616. The first-order chi connectivity index (χ1) is 7.93. The maximum absolute atomic E-state index is 10.5. The first-order valence-corrected chi connectivity index (χ1v) is 5.31. The number of aliphatic carboxylic acids is 1. The molecule has 0 aromatic rings. The van der Waals surface area contributed by atoms with Gasteiger partial charge in [0.25, 0.3) is 0 Å². The van der Waals surface area contributed by atoms with Crippen LogP contribution in [0.3, 0.4) is 0 Å². The lowest BCUT2D eigenvalue weighted by Crippen LogP contribution is -2.64. The van der Waals surface area contributed by atoms with Gasteiger partial charge in [-0.25, -0.2) is 4.79 Å². The number of carbonyl (C=O) groups excluding carboxylic acids is 1. The number of guanidine groups is 1. The molecule has 0 bridgehead atoms. The van der Waals surface area contributed by atoms with Crippen LogP contribution in [0.4, 0.5) is 0 Å². The molecule has 0 aliphatic heterocycles. The molecule has 98 valence electrons. The zero-order valence-corrected chi connectivity index (χ0v) is 9.69. The largest absolute Gasteiger partial charge is 0.477 e. The average molecular weight is 246 g/mol. The van der Waals surface area contributed by atoms with Gasteiger partial charge < -0.3 is 27.6 Å². The third-order valence-corrected chi connectivity index (χ3v) is 2.02. The molecule has 9 N–H and O–H groups in total. The first kappa shape index (κ1) is 15.2. The Hall–Kier alpha value is -1.83. The second-order valence-corrected chi connectivity index (χ2v) is 3.59. The summed E-state index contributed by atoms with van der Waals surface area (Å²) in [5, 5.41) is 11.3. The highest BCUT2D eigenvalue weighted by atomic mass is 16.4. The minimum absolute atomic E-state index is 0.191. The number of hydrogen-bond acceptors (Lipinski definition) is 3. The highest BCUT2D eigenvalue weighted by molar-refractivity contribution is 5.79. The van der Waals surface area contributed by atoms with Crippen molar-refractivity contribution in [3.05, 3.63) is 0 Å². The summed E-state index contributed by atoms with van der Waals surface area (Å²) in [5.41, 5.74) is 13.9. The number of quaternary nitrogens is 1. The quantitative estimate of drug-likeness (QED) is 0.178. The smallest absolute Gasteiger partial charge is 0.362 e. The third-order valence-electron chi connectivity index (χ3n) is 2.02. The number of nitrogens with zero attached hydrogens (tertiary/aromatic N) is 1. The van der Waals surface area contributed by atoms with E-state index in [9.17, 15) is 9.59 Å². The Labute approximate surface area is 99.2 Å². The summed E-state index contributed by atoms with van der Waals surface area (Å²) in [6.45, 7) is 0.770. The fourth-order valence-electron chi connectivity index (χ4n) is 1.03. The molecule has 0 spiro atoms. The van der Waals surface area contributed by atoms with E-state index < -0.39 is 17.9 Å². The zero-order chi connectivity index (χ0) is 13.3. The Morgan fingerprint density at radius 3 is 2.59 bits per heavy atom. The molecule has 0 unspecified atom stereocenters. The monoisotopic (exact) mass is 246 g/mol. The number of primary amides is 1. The van der Waals surface area contributed by atoms with Crippen LogP contribution in [0.2, 0.25) is 0 Å². The van der Waals surface area contributed by atoms with Crippen LogP contribution in [0.15, 0.2) is 4.99 Å². The number of carboxylic acid groups (broad SMARTS) is 1. The minimum atomic E-state index is -0.915. The average Bonchev–Trinajstić information content (AvgIpc) is 2.23. The predicted molar refractivity (Wildman–Crippen MR) is 61.8 cm³/mol. The van der Waals surface area contributed by atoms with Gasteiger partial charge in [0.05, 0.1) is 0 Å². The second-order valence-electron chi connectivity index (χ2n) is 3.59. The van der Waals surface area contributed by atoms with Gasteiger partial charge >= 0.3 is 5.97 Å². The van der Waals surface area contributed by atoms with Gasteiger partial charge in [0.1, 0.15) is 0 Å². The highest BCUT2D eigenvalue weighted by Gasteiger charge is 2.13. The molecule has 0 saturated carbocycles. The van der Waals surface area contributed by atoms with Crippen molar-refractivity contribution in [3.63, 3.8) is 0 Å². The predicted octanol–water partition coefficient (Wildman–Crippen LogP) is -2.76. The first-order valence-electron chi connectivity index (χ1n) is 5.31. The Morgan fingerprint density at radius 2 is 2.06 bits per heavy atom. The van der Waals surface area contributed by atoms with Crippen LogP contribution >= 0.6 is 0 Å².